The number of hydrogen-bond acceptors (Lipinski definition) is 5. The quantitative estimate of drug-likeness (QED) is 0.458. The Morgan fingerprint density at radius 1 is 1.41 bits per heavy atom. The van der Waals surface area contributed by atoms with Crippen LogP contribution in [0, 0.1) is 0 Å². The second-order valence-electron chi connectivity index (χ2n) is 4.60. The molecule has 0 radical (unpaired) electrons. The number of carbonyl (C=O) groups excluding carboxylic acids is 1. The molecule has 0 saturated carbocycles. The summed E-state index contributed by atoms with van der Waals surface area (Å²) in [6.07, 6.45) is 1.20. The summed E-state index contributed by atoms with van der Waals surface area (Å²) in [5.41, 5.74) is 5.89. The van der Waals surface area contributed by atoms with Crippen LogP contribution in [-0.2, 0) is 4.79 Å². The number of methoxy groups -OCH3 is 1. The zero-order valence-electron chi connectivity index (χ0n) is 12.1. The molecular formula is C14H17N4O3S-. The molecule has 2 rings (SSSR count). The molecule has 1 aliphatic rings. The third-order valence-corrected chi connectivity index (χ3v) is 3.26. The second kappa shape index (κ2) is 7.51. The Bertz CT molecular complexity index is 604. The monoisotopic (exact) mass is 321 g/mol. The van der Waals surface area contributed by atoms with Gasteiger partial charge in [0.05, 0.1) is 7.11 Å². The van der Waals surface area contributed by atoms with Crippen LogP contribution in [0.5, 0.6) is 5.75 Å². The van der Waals surface area contributed by atoms with E-state index in [0.717, 1.165) is 6.42 Å². The first-order valence-corrected chi connectivity index (χ1v) is 7.16. The van der Waals surface area contributed by atoms with Crippen LogP contribution in [0.1, 0.15) is 12.8 Å². The number of carbonyl (C=O) groups is 1. The van der Waals surface area contributed by atoms with Crippen molar-refractivity contribution in [2.75, 3.05) is 19.0 Å². The summed E-state index contributed by atoms with van der Waals surface area (Å²) in [7, 11) is 1.57. The van der Waals surface area contributed by atoms with Crippen molar-refractivity contribution in [2.24, 2.45) is 0 Å². The van der Waals surface area contributed by atoms with Crippen LogP contribution in [0.15, 0.2) is 35.7 Å². The Morgan fingerprint density at radius 2 is 2.23 bits per heavy atom. The van der Waals surface area contributed by atoms with Gasteiger partial charge in [0.1, 0.15) is 5.75 Å². The van der Waals surface area contributed by atoms with E-state index in [0.29, 0.717) is 24.4 Å². The Balaban J connectivity index is 1.86. The molecule has 0 aliphatic carbocycles. The van der Waals surface area contributed by atoms with Gasteiger partial charge >= 0.3 is 0 Å². The number of nitrogens with one attached hydrogen (secondary N) is 4. The summed E-state index contributed by atoms with van der Waals surface area (Å²) in [6.45, 7) is 0.596. The number of hydrazine groups is 1. The van der Waals surface area contributed by atoms with Crippen molar-refractivity contribution in [3.05, 3.63) is 35.7 Å². The van der Waals surface area contributed by atoms with Crippen LogP contribution < -0.4 is 31.3 Å². The minimum atomic E-state index is -0.480. The van der Waals surface area contributed by atoms with Crippen LogP contribution in [0.2, 0.25) is 0 Å². The van der Waals surface area contributed by atoms with Crippen molar-refractivity contribution >= 4 is 28.9 Å². The molecule has 4 N–H and O–H groups in total. The number of hydrogen-bond donors (Lipinski definition) is 4. The lowest BCUT2D eigenvalue weighted by Crippen LogP contribution is -2.46. The zero-order chi connectivity index (χ0) is 15.9. The molecule has 22 heavy (non-hydrogen) atoms. The fourth-order valence-electron chi connectivity index (χ4n) is 1.96. The average molecular weight is 321 g/mol. The fraction of sp³-hybridized carbons (Fsp3) is 0.286. The largest absolute Gasteiger partial charge is 0.860 e. The lowest BCUT2D eigenvalue weighted by atomic mass is 10.1. The normalized spacial score (nSPS) is 13.9. The Kier molecular flexibility index (Phi) is 5.42. The van der Waals surface area contributed by atoms with Crippen molar-refractivity contribution in [2.45, 2.75) is 12.8 Å². The predicted octanol–water partition coefficient (Wildman–Crippen LogP) is -0.0319. The maximum atomic E-state index is 11.9. The summed E-state index contributed by atoms with van der Waals surface area (Å²) >= 11 is 5.08. The molecule has 118 valence electrons. The third-order valence-electron chi connectivity index (χ3n) is 3.05. The van der Waals surface area contributed by atoms with Gasteiger partial charge in [-0.2, -0.15) is 0 Å². The first-order chi connectivity index (χ1) is 10.6. The van der Waals surface area contributed by atoms with E-state index in [1.54, 1.807) is 13.2 Å². The molecule has 0 saturated heterocycles. The molecule has 0 unspecified atom stereocenters. The molecule has 0 aromatic heterocycles. The first-order valence-electron chi connectivity index (χ1n) is 6.75. The van der Waals surface area contributed by atoms with Crippen LogP contribution in [0.25, 0.3) is 0 Å². The van der Waals surface area contributed by atoms with Gasteiger partial charge in [0.25, 0.3) is 5.91 Å². The molecule has 7 nitrogen and oxygen atoms in total. The smallest absolute Gasteiger partial charge is 0.266 e. The standard InChI is InChI=1S/C14H18N4O3S/c1-21-10-5-2-4-9(8-10)16-14(22)18-17-13(20)11-6-3-7-15-12(11)19/h2,4-5,8,15,19H,3,6-7H2,1H3,(H,17,20)(H2,16,18,22)/p-1. The summed E-state index contributed by atoms with van der Waals surface area (Å²) in [4.78, 5) is 11.9. The lowest BCUT2D eigenvalue weighted by Gasteiger charge is -2.25. The van der Waals surface area contributed by atoms with Gasteiger partial charge in [0.2, 0.25) is 0 Å². The molecule has 0 atom stereocenters. The van der Waals surface area contributed by atoms with E-state index in [4.69, 9.17) is 17.0 Å². The van der Waals surface area contributed by atoms with Gasteiger partial charge in [-0.05, 0) is 43.1 Å². The van der Waals surface area contributed by atoms with Gasteiger partial charge in [-0.15, -0.1) is 0 Å². The van der Waals surface area contributed by atoms with E-state index in [1.165, 1.54) is 0 Å². The lowest BCUT2D eigenvalue weighted by molar-refractivity contribution is -0.314. The maximum Gasteiger partial charge on any atom is 0.266 e. The minimum Gasteiger partial charge on any atom is -0.860 e. The molecule has 1 aliphatic heterocycles. The van der Waals surface area contributed by atoms with E-state index in [1.807, 2.05) is 18.2 Å². The third kappa shape index (κ3) is 4.26. The SMILES string of the molecule is COc1cccc(NC(=S)NNC(=O)C2=C([O-])NCCC2)c1. The molecule has 1 aromatic carbocycles. The Morgan fingerprint density at radius 3 is 2.95 bits per heavy atom. The van der Waals surface area contributed by atoms with Crippen molar-refractivity contribution in [3.63, 3.8) is 0 Å². The Labute approximate surface area is 133 Å². The highest BCUT2D eigenvalue weighted by Crippen LogP contribution is 2.16. The van der Waals surface area contributed by atoms with Crippen LogP contribution >= 0.6 is 12.2 Å². The van der Waals surface area contributed by atoms with Crippen LogP contribution in [0.3, 0.4) is 0 Å². The predicted molar refractivity (Wildman–Crippen MR) is 84.8 cm³/mol. The summed E-state index contributed by atoms with van der Waals surface area (Å²) < 4.78 is 5.10. The number of benzene rings is 1. The topological polar surface area (TPSA) is 97.5 Å². The van der Waals surface area contributed by atoms with Gasteiger partial charge in [-0.1, -0.05) is 6.07 Å². The van der Waals surface area contributed by atoms with Gasteiger partial charge in [-0.25, -0.2) is 0 Å². The van der Waals surface area contributed by atoms with E-state index in [2.05, 4.69) is 21.5 Å². The molecular weight excluding hydrogens is 304 g/mol. The molecule has 0 fully saturated rings. The van der Waals surface area contributed by atoms with Crippen molar-refractivity contribution in [3.8, 4) is 5.75 Å². The molecule has 0 spiro atoms. The number of amides is 1. The first kappa shape index (κ1) is 15.9. The molecule has 0 bridgehead atoms. The average Bonchev–Trinajstić information content (AvgIpc) is 2.53. The van der Waals surface area contributed by atoms with Crippen LogP contribution in [-0.4, -0.2) is 24.7 Å². The van der Waals surface area contributed by atoms with Gasteiger partial charge in [0, 0.05) is 23.9 Å². The van der Waals surface area contributed by atoms with E-state index in [-0.39, 0.29) is 16.6 Å². The number of anilines is 1. The van der Waals surface area contributed by atoms with Crippen molar-refractivity contribution in [1.82, 2.24) is 16.2 Å². The van der Waals surface area contributed by atoms with Gasteiger partial charge in [0.15, 0.2) is 5.11 Å². The second-order valence-corrected chi connectivity index (χ2v) is 5.01. The van der Waals surface area contributed by atoms with Gasteiger partial charge in [-0.3, -0.25) is 15.6 Å². The molecule has 8 heteroatoms. The summed E-state index contributed by atoms with van der Waals surface area (Å²) in [5.74, 6) is -0.129. The number of ether oxygens (including phenoxy) is 1. The zero-order valence-corrected chi connectivity index (χ0v) is 12.9. The minimum absolute atomic E-state index is 0.197. The highest BCUT2D eigenvalue weighted by molar-refractivity contribution is 7.80. The van der Waals surface area contributed by atoms with Crippen molar-refractivity contribution in [1.29, 1.82) is 0 Å². The molecule has 1 amide bonds. The number of rotatable bonds is 3. The van der Waals surface area contributed by atoms with Crippen LogP contribution in [0.4, 0.5) is 5.69 Å². The van der Waals surface area contributed by atoms with E-state index >= 15 is 0 Å². The molecule has 1 heterocycles. The highest BCUT2D eigenvalue weighted by atomic mass is 32.1. The van der Waals surface area contributed by atoms with Gasteiger partial charge < -0.3 is 20.5 Å². The van der Waals surface area contributed by atoms with E-state index in [9.17, 15) is 9.90 Å². The number of thiocarbonyl (C=S) groups is 1. The Hall–Kier alpha value is -2.48. The van der Waals surface area contributed by atoms with Crippen molar-refractivity contribution < 1.29 is 14.6 Å². The summed E-state index contributed by atoms with van der Waals surface area (Å²) in [6, 6.07) is 7.19. The fourth-order valence-corrected chi connectivity index (χ4v) is 2.12. The highest BCUT2D eigenvalue weighted by Gasteiger charge is 2.14. The summed E-state index contributed by atoms with van der Waals surface area (Å²) in [5, 5.41) is 17.3. The molecule has 1 aromatic rings. The van der Waals surface area contributed by atoms with E-state index < -0.39 is 5.91 Å². The maximum absolute atomic E-state index is 11.9.